The highest BCUT2D eigenvalue weighted by Crippen LogP contribution is 2.41. The predicted molar refractivity (Wildman–Crippen MR) is 83.3 cm³/mol. The number of hydrogen-bond acceptors (Lipinski definition) is 5. The van der Waals surface area contributed by atoms with E-state index < -0.39 is 5.41 Å². The zero-order valence-electron chi connectivity index (χ0n) is 13.3. The fourth-order valence-corrected chi connectivity index (χ4v) is 4.04. The van der Waals surface area contributed by atoms with Crippen molar-refractivity contribution in [2.75, 3.05) is 33.5 Å². The lowest BCUT2D eigenvalue weighted by Crippen LogP contribution is -2.56. The van der Waals surface area contributed by atoms with E-state index in [2.05, 4.69) is 16.3 Å². The Labute approximate surface area is 135 Å². The van der Waals surface area contributed by atoms with E-state index in [9.17, 15) is 4.79 Å². The summed E-state index contributed by atoms with van der Waals surface area (Å²) in [5.74, 6) is 1.72. The molecule has 1 aromatic carbocycles. The van der Waals surface area contributed by atoms with Crippen LogP contribution in [0.15, 0.2) is 18.2 Å². The maximum absolute atomic E-state index is 12.5. The summed E-state index contributed by atoms with van der Waals surface area (Å²) in [6.07, 6.45) is 1.75. The van der Waals surface area contributed by atoms with Crippen molar-refractivity contribution in [2.24, 2.45) is 5.41 Å². The second-order valence-electron chi connectivity index (χ2n) is 6.53. The van der Waals surface area contributed by atoms with Crippen LogP contribution >= 0.6 is 0 Å². The van der Waals surface area contributed by atoms with E-state index in [1.807, 2.05) is 12.1 Å². The first-order chi connectivity index (χ1) is 11.2. The minimum atomic E-state index is -0.399. The van der Waals surface area contributed by atoms with E-state index in [0.717, 1.165) is 44.0 Å². The van der Waals surface area contributed by atoms with E-state index in [1.165, 1.54) is 5.56 Å². The molecule has 3 heterocycles. The number of benzene rings is 1. The van der Waals surface area contributed by atoms with Gasteiger partial charge in [0.1, 0.15) is 0 Å². The number of rotatable bonds is 3. The van der Waals surface area contributed by atoms with Gasteiger partial charge in [-0.25, -0.2) is 0 Å². The van der Waals surface area contributed by atoms with Crippen LogP contribution in [0.4, 0.5) is 0 Å². The largest absolute Gasteiger partial charge is 0.454 e. The number of nitrogens with zero attached hydrogens (tertiary/aromatic N) is 1. The van der Waals surface area contributed by atoms with Crippen molar-refractivity contribution in [3.05, 3.63) is 23.8 Å². The number of carbonyl (C=O) groups is 1. The molecule has 6 nitrogen and oxygen atoms in total. The molecule has 3 aliphatic heterocycles. The number of ether oxygens (including phenoxy) is 3. The molecule has 4 rings (SSSR count). The van der Waals surface area contributed by atoms with Crippen LogP contribution in [-0.4, -0.2) is 50.4 Å². The third-order valence-electron chi connectivity index (χ3n) is 5.22. The van der Waals surface area contributed by atoms with Gasteiger partial charge < -0.3 is 19.5 Å². The number of carbonyl (C=O) groups excluding carboxylic acids is 1. The van der Waals surface area contributed by atoms with Crippen LogP contribution in [0.3, 0.4) is 0 Å². The van der Waals surface area contributed by atoms with Crippen LogP contribution < -0.4 is 14.8 Å². The van der Waals surface area contributed by atoms with Gasteiger partial charge in [0, 0.05) is 33.3 Å². The average Bonchev–Trinajstić information content (AvgIpc) is 3.20. The number of likely N-dealkylation sites (tertiary alicyclic amines) is 1. The lowest BCUT2D eigenvalue weighted by molar-refractivity contribution is -0.139. The third kappa shape index (κ3) is 2.46. The van der Waals surface area contributed by atoms with Crippen molar-refractivity contribution in [1.82, 2.24) is 10.2 Å². The van der Waals surface area contributed by atoms with E-state index >= 15 is 0 Å². The molecular weight excluding hydrogens is 296 g/mol. The smallest absolute Gasteiger partial charge is 0.231 e. The van der Waals surface area contributed by atoms with Gasteiger partial charge in [-0.15, -0.1) is 0 Å². The highest BCUT2D eigenvalue weighted by atomic mass is 16.7. The van der Waals surface area contributed by atoms with E-state index in [-0.39, 0.29) is 12.0 Å². The average molecular weight is 318 g/mol. The first-order valence-corrected chi connectivity index (χ1v) is 8.16. The van der Waals surface area contributed by atoms with Gasteiger partial charge in [0.2, 0.25) is 12.7 Å². The Morgan fingerprint density at radius 2 is 2.26 bits per heavy atom. The Bertz CT molecular complexity index is 621. The van der Waals surface area contributed by atoms with Gasteiger partial charge in [0.25, 0.3) is 0 Å². The predicted octanol–water partition coefficient (Wildman–Crippen LogP) is 1.14. The van der Waals surface area contributed by atoms with Crippen LogP contribution in [0, 0.1) is 5.41 Å². The normalized spacial score (nSPS) is 29.3. The van der Waals surface area contributed by atoms with E-state index in [0.29, 0.717) is 13.4 Å². The van der Waals surface area contributed by atoms with Gasteiger partial charge in [0.15, 0.2) is 11.5 Å². The molecule has 6 heteroatoms. The molecule has 3 aliphatic rings. The van der Waals surface area contributed by atoms with Crippen molar-refractivity contribution in [3.8, 4) is 11.5 Å². The molecular formula is C17H22N2O4. The summed E-state index contributed by atoms with van der Waals surface area (Å²) in [6, 6.07) is 6.06. The topological polar surface area (TPSA) is 60.0 Å². The SMILES string of the molecule is CNC(=O)[C@@]12CCO[C@@H]1CCN(Cc1ccc3c(c1)OCO3)C2. The maximum atomic E-state index is 12.5. The summed E-state index contributed by atoms with van der Waals surface area (Å²) < 4.78 is 16.6. The summed E-state index contributed by atoms with van der Waals surface area (Å²) in [5, 5.41) is 2.83. The van der Waals surface area contributed by atoms with Gasteiger partial charge in [-0.3, -0.25) is 9.69 Å². The van der Waals surface area contributed by atoms with E-state index in [1.54, 1.807) is 7.05 Å². The molecule has 0 unspecified atom stereocenters. The summed E-state index contributed by atoms with van der Waals surface area (Å²) in [7, 11) is 1.71. The Hall–Kier alpha value is -1.79. The molecule has 0 aliphatic carbocycles. The standard InChI is InChI=1S/C17H22N2O4/c1-18-16(20)17-5-7-21-15(17)4-6-19(10-17)9-12-2-3-13-14(8-12)23-11-22-13/h2-3,8,15H,4-7,9-11H2,1H3,(H,18,20)/t15-,17-/m1/s1. The maximum Gasteiger partial charge on any atom is 0.231 e. The Morgan fingerprint density at radius 3 is 3.13 bits per heavy atom. The zero-order chi connectivity index (χ0) is 15.9. The molecule has 2 saturated heterocycles. The van der Waals surface area contributed by atoms with Gasteiger partial charge in [-0.1, -0.05) is 6.07 Å². The molecule has 23 heavy (non-hydrogen) atoms. The zero-order valence-corrected chi connectivity index (χ0v) is 13.3. The van der Waals surface area contributed by atoms with Gasteiger partial charge in [-0.05, 0) is 30.5 Å². The summed E-state index contributed by atoms with van der Waals surface area (Å²) in [4.78, 5) is 14.8. The summed E-state index contributed by atoms with van der Waals surface area (Å²) in [5.41, 5.74) is 0.780. The molecule has 124 valence electrons. The highest BCUT2D eigenvalue weighted by molar-refractivity contribution is 5.83. The van der Waals surface area contributed by atoms with Crippen molar-refractivity contribution in [3.63, 3.8) is 0 Å². The van der Waals surface area contributed by atoms with Crippen molar-refractivity contribution >= 4 is 5.91 Å². The first kappa shape index (κ1) is 14.8. The van der Waals surface area contributed by atoms with Crippen molar-refractivity contribution in [1.29, 1.82) is 0 Å². The molecule has 1 N–H and O–H groups in total. The second-order valence-corrected chi connectivity index (χ2v) is 6.53. The highest BCUT2D eigenvalue weighted by Gasteiger charge is 2.52. The van der Waals surface area contributed by atoms with Crippen LogP contribution in [0.5, 0.6) is 11.5 Å². The number of amides is 1. The molecule has 1 aromatic rings. The third-order valence-corrected chi connectivity index (χ3v) is 5.22. The fraction of sp³-hybridized carbons (Fsp3) is 0.588. The van der Waals surface area contributed by atoms with Gasteiger partial charge in [-0.2, -0.15) is 0 Å². The van der Waals surface area contributed by atoms with Crippen LogP contribution in [0.2, 0.25) is 0 Å². The quantitative estimate of drug-likeness (QED) is 0.906. The van der Waals surface area contributed by atoms with Gasteiger partial charge >= 0.3 is 0 Å². The lowest BCUT2D eigenvalue weighted by atomic mass is 9.75. The Morgan fingerprint density at radius 1 is 1.39 bits per heavy atom. The molecule has 0 bridgehead atoms. The Balaban J connectivity index is 1.51. The molecule has 0 spiro atoms. The molecule has 0 aromatic heterocycles. The van der Waals surface area contributed by atoms with Crippen molar-refractivity contribution < 1.29 is 19.0 Å². The number of nitrogens with one attached hydrogen (secondary N) is 1. The molecule has 0 saturated carbocycles. The number of hydrogen-bond donors (Lipinski definition) is 1. The number of piperidine rings is 1. The molecule has 0 radical (unpaired) electrons. The first-order valence-electron chi connectivity index (χ1n) is 8.16. The summed E-state index contributed by atoms with van der Waals surface area (Å²) in [6.45, 7) is 3.46. The minimum Gasteiger partial charge on any atom is -0.454 e. The number of fused-ring (bicyclic) bond motifs is 2. The van der Waals surface area contributed by atoms with Crippen LogP contribution in [0.25, 0.3) is 0 Å². The molecule has 2 fully saturated rings. The lowest BCUT2D eigenvalue weighted by Gasteiger charge is -2.42. The minimum absolute atomic E-state index is 0.0513. The molecule has 2 atom stereocenters. The van der Waals surface area contributed by atoms with Crippen LogP contribution in [-0.2, 0) is 16.1 Å². The van der Waals surface area contributed by atoms with E-state index in [4.69, 9.17) is 14.2 Å². The monoisotopic (exact) mass is 318 g/mol. The van der Waals surface area contributed by atoms with Crippen molar-refractivity contribution in [2.45, 2.75) is 25.5 Å². The summed E-state index contributed by atoms with van der Waals surface area (Å²) >= 11 is 0. The van der Waals surface area contributed by atoms with Gasteiger partial charge in [0.05, 0.1) is 11.5 Å². The second kappa shape index (κ2) is 5.69. The van der Waals surface area contributed by atoms with Crippen LogP contribution in [0.1, 0.15) is 18.4 Å². The fourth-order valence-electron chi connectivity index (χ4n) is 4.04. The molecule has 1 amide bonds. The Kier molecular flexibility index (Phi) is 3.66.